The molecule has 0 N–H and O–H groups in total. The molecule has 23 heavy (non-hydrogen) atoms. The lowest BCUT2D eigenvalue weighted by Gasteiger charge is -2.35. The van der Waals surface area contributed by atoms with Crippen molar-refractivity contribution in [3.8, 4) is 0 Å². The zero-order valence-electron chi connectivity index (χ0n) is 13.2. The minimum Gasteiger partial charge on any atom is -0.354 e. The van der Waals surface area contributed by atoms with Crippen LogP contribution in [-0.2, 0) is 6.54 Å². The molecule has 0 spiro atoms. The van der Waals surface area contributed by atoms with Crippen molar-refractivity contribution in [3.05, 3.63) is 72.4 Å². The quantitative estimate of drug-likeness (QED) is 0.737. The molecule has 1 aliphatic heterocycles. The Morgan fingerprint density at radius 3 is 2.39 bits per heavy atom. The number of benzene rings is 2. The maximum atomic E-state index is 4.46. The van der Waals surface area contributed by atoms with E-state index in [1.165, 1.54) is 16.3 Å². The second-order valence-corrected chi connectivity index (χ2v) is 6.09. The van der Waals surface area contributed by atoms with Gasteiger partial charge in [0.1, 0.15) is 5.82 Å². The van der Waals surface area contributed by atoms with Crippen LogP contribution in [-0.4, -0.2) is 36.1 Å². The Morgan fingerprint density at radius 1 is 0.783 bits per heavy atom. The Hall–Kier alpha value is -2.39. The zero-order chi connectivity index (χ0) is 15.5. The van der Waals surface area contributed by atoms with Gasteiger partial charge in [-0.3, -0.25) is 4.90 Å². The molecule has 0 aliphatic carbocycles. The molecule has 1 fully saturated rings. The first-order chi connectivity index (χ1) is 11.4. The van der Waals surface area contributed by atoms with Gasteiger partial charge in [0.25, 0.3) is 0 Å². The van der Waals surface area contributed by atoms with Crippen molar-refractivity contribution in [3.63, 3.8) is 0 Å². The number of pyridine rings is 1. The van der Waals surface area contributed by atoms with Crippen molar-refractivity contribution in [2.45, 2.75) is 6.54 Å². The summed E-state index contributed by atoms with van der Waals surface area (Å²) < 4.78 is 0. The largest absolute Gasteiger partial charge is 0.354 e. The molecule has 1 saturated heterocycles. The van der Waals surface area contributed by atoms with Crippen LogP contribution >= 0.6 is 0 Å². The number of anilines is 1. The molecular weight excluding hydrogens is 282 g/mol. The summed E-state index contributed by atoms with van der Waals surface area (Å²) in [5.41, 5.74) is 1.43. The van der Waals surface area contributed by atoms with E-state index in [1.54, 1.807) is 0 Å². The highest BCUT2D eigenvalue weighted by atomic mass is 15.3. The van der Waals surface area contributed by atoms with E-state index in [1.807, 2.05) is 12.3 Å². The second-order valence-electron chi connectivity index (χ2n) is 6.09. The lowest BCUT2D eigenvalue weighted by Crippen LogP contribution is -2.46. The molecule has 1 aliphatic rings. The summed E-state index contributed by atoms with van der Waals surface area (Å²) in [5, 5.41) is 2.71. The standard InChI is InChI=1S/C20H21N3/c1-2-9-19-17(6-1)7-5-8-18(19)16-22-12-14-23(15-13-22)20-10-3-4-11-21-20/h1-11H,12-16H2. The molecule has 3 nitrogen and oxygen atoms in total. The van der Waals surface area contributed by atoms with E-state index < -0.39 is 0 Å². The SMILES string of the molecule is c1ccc(N2CCN(Cc3cccc4ccccc34)CC2)nc1. The Labute approximate surface area is 137 Å². The molecule has 1 aromatic heterocycles. The van der Waals surface area contributed by atoms with Crippen LogP contribution in [0.2, 0.25) is 0 Å². The molecule has 0 unspecified atom stereocenters. The number of aromatic nitrogens is 1. The molecule has 4 rings (SSSR count). The fourth-order valence-corrected chi connectivity index (χ4v) is 3.35. The number of piperazine rings is 1. The topological polar surface area (TPSA) is 19.4 Å². The normalized spacial score (nSPS) is 15.9. The summed E-state index contributed by atoms with van der Waals surface area (Å²) in [6.45, 7) is 5.28. The molecule has 0 saturated carbocycles. The van der Waals surface area contributed by atoms with Crippen LogP contribution in [0.15, 0.2) is 66.9 Å². The molecule has 0 radical (unpaired) electrons. The Kier molecular flexibility index (Phi) is 3.95. The minimum absolute atomic E-state index is 1.03. The van der Waals surface area contributed by atoms with Crippen molar-refractivity contribution in [2.24, 2.45) is 0 Å². The maximum absolute atomic E-state index is 4.46. The average Bonchev–Trinajstić information content (AvgIpc) is 2.63. The first-order valence-corrected chi connectivity index (χ1v) is 8.25. The van der Waals surface area contributed by atoms with Crippen LogP contribution in [0.25, 0.3) is 10.8 Å². The van der Waals surface area contributed by atoms with Gasteiger partial charge in [-0.15, -0.1) is 0 Å². The lowest BCUT2D eigenvalue weighted by atomic mass is 10.0. The summed E-state index contributed by atoms with van der Waals surface area (Å²) >= 11 is 0. The predicted molar refractivity (Wildman–Crippen MR) is 95.7 cm³/mol. The van der Waals surface area contributed by atoms with E-state index in [0.717, 1.165) is 38.5 Å². The first kappa shape index (κ1) is 14.2. The van der Waals surface area contributed by atoms with Crippen LogP contribution in [0, 0.1) is 0 Å². The van der Waals surface area contributed by atoms with Crippen LogP contribution in [0.3, 0.4) is 0 Å². The summed E-state index contributed by atoms with van der Waals surface area (Å²) in [7, 11) is 0. The highest BCUT2D eigenvalue weighted by Crippen LogP contribution is 2.21. The Bertz CT molecular complexity index is 772. The van der Waals surface area contributed by atoms with Gasteiger partial charge in [0, 0.05) is 38.9 Å². The third-order valence-electron chi connectivity index (χ3n) is 4.62. The molecule has 0 amide bonds. The summed E-state index contributed by atoms with van der Waals surface area (Å²) in [4.78, 5) is 9.38. The van der Waals surface area contributed by atoms with Crippen LogP contribution in [0.5, 0.6) is 0 Å². The third-order valence-corrected chi connectivity index (χ3v) is 4.62. The predicted octanol–water partition coefficient (Wildman–Crippen LogP) is 3.56. The van der Waals surface area contributed by atoms with Gasteiger partial charge in [0.05, 0.1) is 0 Å². The van der Waals surface area contributed by atoms with Gasteiger partial charge in [0.15, 0.2) is 0 Å². The van der Waals surface area contributed by atoms with E-state index in [2.05, 4.69) is 69.4 Å². The average molecular weight is 303 g/mol. The fourth-order valence-electron chi connectivity index (χ4n) is 3.35. The number of hydrogen-bond acceptors (Lipinski definition) is 3. The molecule has 3 aromatic rings. The summed E-state index contributed by atoms with van der Waals surface area (Å²) in [5.74, 6) is 1.09. The van der Waals surface area contributed by atoms with Gasteiger partial charge in [-0.2, -0.15) is 0 Å². The van der Waals surface area contributed by atoms with Crippen molar-refractivity contribution >= 4 is 16.6 Å². The highest BCUT2D eigenvalue weighted by Gasteiger charge is 2.18. The zero-order valence-corrected chi connectivity index (χ0v) is 13.2. The van der Waals surface area contributed by atoms with Crippen molar-refractivity contribution in [1.82, 2.24) is 9.88 Å². The van der Waals surface area contributed by atoms with E-state index in [9.17, 15) is 0 Å². The molecule has 0 bridgehead atoms. The molecule has 2 aromatic carbocycles. The smallest absolute Gasteiger partial charge is 0.128 e. The third kappa shape index (κ3) is 3.06. The number of rotatable bonds is 3. The lowest BCUT2D eigenvalue weighted by molar-refractivity contribution is 0.250. The van der Waals surface area contributed by atoms with E-state index >= 15 is 0 Å². The number of fused-ring (bicyclic) bond motifs is 1. The van der Waals surface area contributed by atoms with Crippen molar-refractivity contribution in [1.29, 1.82) is 0 Å². The molecule has 116 valence electrons. The van der Waals surface area contributed by atoms with E-state index in [-0.39, 0.29) is 0 Å². The van der Waals surface area contributed by atoms with Crippen molar-refractivity contribution in [2.75, 3.05) is 31.1 Å². The van der Waals surface area contributed by atoms with Gasteiger partial charge in [-0.1, -0.05) is 48.5 Å². The Morgan fingerprint density at radius 2 is 1.57 bits per heavy atom. The highest BCUT2D eigenvalue weighted by molar-refractivity contribution is 5.85. The minimum atomic E-state index is 1.03. The van der Waals surface area contributed by atoms with E-state index in [0.29, 0.717) is 0 Å². The van der Waals surface area contributed by atoms with Crippen LogP contribution < -0.4 is 4.90 Å². The summed E-state index contributed by atoms with van der Waals surface area (Å²) in [6.07, 6.45) is 1.87. The molecule has 2 heterocycles. The number of hydrogen-bond donors (Lipinski definition) is 0. The first-order valence-electron chi connectivity index (χ1n) is 8.25. The van der Waals surface area contributed by atoms with Crippen LogP contribution in [0.4, 0.5) is 5.82 Å². The fraction of sp³-hybridized carbons (Fsp3) is 0.250. The van der Waals surface area contributed by atoms with E-state index in [4.69, 9.17) is 0 Å². The number of nitrogens with zero attached hydrogens (tertiary/aromatic N) is 3. The maximum Gasteiger partial charge on any atom is 0.128 e. The second kappa shape index (κ2) is 6.39. The van der Waals surface area contributed by atoms with Gasteiger partial charge in [-0.05, 0) is 28.5 Å². The van der Waals surface area contributed by atoms with Gasteiger partial charge < -0.3 is 4.90 Å². The summed E-state index contributed by atoms with van der Waals surface area (Å²) in [6, 6.07) is 21.4. The van der Waals surface area contributed by atoms with Gasteiger partial charge >= 0.3 is 0 Å². The monoisotopic (exact) mass is 303 g/mol. The van der Waals surface area contributed by atoms with Gasteiger partial charge in [-0.25, -0.2) is 4.98 Å². The van der Waals surface area contributed by atoms with Crippen molar-refractivity contribution < 1.29 is 0 Å². The van der Waals surface area contributed by atoms with Crippen LogP contribution in [0.1, 0.15) is 5.56 Å². The molecule has 0 atom stereocenters. The Balaban J connectivity index is 1.45. The van der Waals surface area contributed by atoms with Gasteiger partial charge in [0.2, 0.25) is 0 Å². The molecular formula is C20H21N3. The molecule has 3 heteroatoms.